The summed E-state index contributed by atoms with van der Waals surface area (Å²) in [6.07, 6.45) is 0.521. The number of rotatable bonds is 7. The van der Waals surface area contributed by atoms with Gasteiger partial charge in [-0.15, -0.1) is 0 Å². The molecule has 0 aromatic heterocycles. The van der Waals surface area contributed by atoms with E-state index >= 15 is 0 Å². The van der Waals surface area contributed by atoms with Crippen molar-refractivity contribution < 1.29 is 22.8 Å². The molecule has 20 heavy (non-hydrogen) atoms. The maximum atomic E-state index is 12.8. The second-order valence-electron chi connectivity index (χ2n) is 4.03. The van der Waals surface area contributed by atoms with Crippen LogP contribution in [-0.2, 0) is 14.8 Å². The van der Waals surface area contributed by atoms with Crippen LogP contribution in [0.15, 0.2) is 29.2 Å². The van der Waals surface area contributed by atoms with Crippen LogP contribution < -0.4 is 15.9 Å². The second-order valence-corrected chi connectivity index (χ2v) is 5.75. The zero-order valence-corrected chi connectivity index (χ0v) is 11.4. The molecule has 0 saturated carbocycles. The lowest BCUT2D eigenvalue weighted by atomic mass is 10.1. The molecule has 0 aliphatic rings. The van der Waals surface area contributed by atoms with Crippen LogP contribution in [-0.4, -0.2) is 32.1 Å². The molecule has 0 aliphatic heterocycles. The van der Waals surface area contributed by atoms with Crippen LogP contribution in [0.1, 0.15) is 12.8 Å². The van der Waals surface area contributed by atoms with E-state index in [4.69, 9.17) is 10.9 Å². The van der Waals surface area contributed by atoms with E-state index in [-0.39, 0.29) is 17.9 Å². The number of hydroxylamine groups is 1. The summed E-state index contributed by atoms with van der Waals surface area (Å²) in [5.41, 5.74) is 6.69. The van der Waals surface area contributed by atoms with Crippen LogP contribution >= 0.6 is 0 Å². The van der Waals surface area contributed by atoms with Gasteiger partial charge in [0.2, 0.25) is 10.0 Å². The zero-order valence-electron chi connectivity index (χ0n) is 10.5. The molecule has 112 valence electrons. The van der Waals surface area contributed by atoms with Crippen molar-refractivity contribution in [1.29, 1.82) is 0 Å². The summed E-state index contributed by atoms with van der Waals surface area (Å²) in [7, 11) is -3.99. The van der Waals surface area contributed by atoms with Gasteiger partial charge in [0.25, 0.3) is 5.91 Å². The van der Waals surface area contributed by atoms with E-state index in [1.165, 1.54) is 5.48 Å². The number of sulfonamides is 1. The van der Waals surface area contributed by atoms with Gasteiger partial charge in [-0.2, -0.15) is 4.72 Å². The highest BCUT2D eigenvalue weighted by atomic mass is 32.2. The molecule has 0 aliphatic carbocycles. The number of carbonyl (C=O) groups is 1. The minimum Gasteiger partial charge on any atom is -0.330 e. The monoisotopic (exact) mass is 305 g/mol. The first kappa shape index (κ1) is 16.5. The fourth-order valence-electron chi connectivity index (χ4n) is 1.51. The standard InChI is InChI=1S/C11H16FN3O4S/c12-8-3-5-9(6-4-8)20(18,19)15-10(2-1-7-13)11(16)14-17/h3-6,10,15,17H,1-2,7,13H2,(H,14,16). The van der Waals surface area contributed by atoms with Crippen LogP contribution in [0, 0.1) is 5.82 Å². The molecular weight excluding hydrogens is 289 g/mol. The molecule has 1 aromatic carbocycles. The molecule has 0 radical (unpaired) electrons. The minimum atomic E-state index is -3.99. The van der Waals surface area contributed by atoms with Crippen molar-refractivity contribution >= 4 is 15.9 Å². The zero-order chi connectivity index (χ0) is 15.2. The highest BCUT2D eigenvalue weighted by Crippen LogP contribution is 2.11. The predicted octanol–water partition coefficient (Wildman–Crippen LogP) is -0.283. The predicted molar refractivity (Wildman–Crippen MR) is 68.7 cm³/mol. The molecule has 1 atom stereocenters. The molecule has 1 aromatic rings. The van der Waals surface area contributed by atoms with Gasteiger partial charge in [0, 0.05) is 0 Å². The van der Waals surface area contributed by atoms with Gasteiger partial charge < -0.3 is 5.73 Å². The topological polar surface area (TPSA) is 122 Å². The molecule has 9 heteroatoms. The summed E-state index contributed by atoms with van der Waals surface area (Å²) in [6.45, 7) is 0.271. The number of benzene rings is 1. The quantitative estimate of drug-likeness (QED) is 0.407. The average molecular weight is 305 g/mol. The molecule has 0 heterocycles. The normalized spacial score (nSPS) is 12.9. The molecule has 0 fully saturated rings. The second kappa shape index (κ2) is 7.29. The highest BCUT2D eigenvalue weighted by molar-refractivity contribution is 7.89. The number of carbonyl (C=O) groups excluding carboxylic acids is 1. The molecule has 0 saturated heterocycles. The van der Waals surface area contributed by atoms with E-state index in [1.54, 1.807) is 0 Å². The SMILES string of the molecule is NCCCC(NS(=O)(=O)c1ccc(F)cc1)C(=O)NO. The van der Waals surface area contributed by atoms with Crippen LogP contribution in [0.5, 0.6) is 0 Å². The first-order chi connectivity index (χ1) is 9.40. The molecule has 0 bridgehead atoms. The van der Waals surface area contributed by atoms with Crippen molar-refractivity contribution in [2.24, 2.45) is 5.73 Å². The summed E-state index contributed by atoms with van der Waals surface area (Å²) >= 11 is 0. The lowest BCUT2D eigenvalue weighted by Crippen LogP contribution is -2.45. The Morgan fingerprint density at radius 2 is 1.95 bits per heavy atom. The van der Waals surface area contributed by atoms with Gasteiger partial charge in [-0.05, 0) is 43.7 Å². The van der Waals surface area contributed by atoms with Crippen molar-refractivity contribution in [1.82, 2.24) is 10.2 Å². The Kier molecular flexibility index (Phi) is 6.02. The molecule has 1 amide bonds. The van der Waals surface area contributed by atoms with Crippen molar-refractivity contribution in [2.75, 3.05) is 6.54 Å². The van der Waals surface area contributed by atoms with Crippen molar-refractivity contribution in [2.45, 2.75) is 23.8 Å². The third kappa shape index (κ3) is 4.53. The maximum absolute atomic E-state index is 12.8. The molecular formula is C11H16FN3O4S. The third-order valence-corrected chi connectivity index (χ3v) is 4.03. The minimum absolute atomic E-state index is 0.128. The Bertz CT molecular complexity index is 547. The molecule has 0 spiro atoms. The Morgan fingerprint density at radius 3 is 2.45 bits per heavy atom. The summed E-state index contributed by atoms with van der Waals surface area (Å²) in [5.74, 6) is -1.46. The van der Waals surface area contributed by atoms with Gasteiger partial charge in [0.1, 0.15) is 11.9 Å². The smallest absolute Gasteiger partial charge is 0.261 e. The number of nitrogens with one attached hydrogen (secondary N) is 2. The van der Waals surface area contributed by atoms with E-state index in [2.05, 4.69) is 4.72 Å². The van der Waals surface area contributed by atoms with Crippen molar-refractivity contribution in [3.63, 3.8) is 0 Å². The van der Waals surface area contributed by atoms with Crippen molar-refractivity contribution in [3.8, 4) is 0 Å². The summed E-state index contributed by atoms with van der Waals surface area (Å²) in [6, 6.07) is 2.99. The van der Waals surface area contributed by atoms with E-state index in [9.17, 15) is 17.6 Å². The van der Waals surface area contributed by atoms with Crippen LogP contribution in [0.2, 0.25) is 0 Å². The van der Waals surface area contributed by atoms with Crippen LogP contribution in [0.4, 0.5) is 4.39 Å². The lowest BCUT2D eigenvalue weighted by Gasteiger charge is -2.16. The number of amides is 1. The van der Waals surface area contributed by atoms with Gasteiger partial charge in [0.15, 0.2) is 0 Å². The summed E-state index contributed by atoms with van der Waals surface area (Å²) in [4.78, 5) is 11.2. The summed E-state index contributed by atoms with van der Waals surface area (Å²) in [5, 5.41) is 8.59. The largest absolute Gasteiger partial charge is 0.330 e. The van der Waals surface area contributed by atoms with Gasteiger partial charge in [0.05, 0.1) is 4.90 Å². The molecule has 5 N–H and O–H groups in total. The number of hydrogen-bond donors (Lipinski definition) is 4. The van der Waals surface area contributed by atoms with Crippen molar-refractivity contribution in [3.05, 3.63) is 30.1 Å². The lowest BCUT2D eigenvalue weighted by molar-refractivity contribution is -0.131. The Balaban J connectivity index is 2.90. The number of halogens is 1. The van der Waals surface area contributed by atoms with Crippen LogP contribution in [0.3, 0.4) is 0 Å². The molecule has 1 unspecified atom stereocenters. The van der Waals surface area contributed by atoms with Gasteiger partial charge in [-0.1, -0.05) is 0 Å². The maximum Gasteiger partial charge on any atom is 0.261 e. The van der Waals surface area contributed by atoms with Crippen LogP contribution in [0.25, 0.3) is 0 Å². The number of hydrogen-bond acceptors (Lipinski definition) is 5. The van der Waals surface area contributed by atoms with Gasteiger partial charge >= 0.3 is 0 Å². The molecule has 1 rings (SSSR count). The van der Waals surface area contributed by atoms with E-state index in [1.807, 2.05) is 0 Å². The average Bonchev–Trinajstić information content (AvgIpc) is 2.43. The number of nitrogens with two attached hydrogens (primary N) is 1. The Hall–Kier alpha value is -1.55. The van der Waals surface area contributed by atoms with Gasteiger partial charge in [-0.3, -0.25) is 10.0 Å². The molecule has 7 nitrogen and oxygen atoms in total. The van der Waals surface area contributed by atoms with E-state index in [0.717, 1.165) is 24.3 Å². The van der Waals surface area contributed by atoms with Gasteiger partial charge in [-0.25, -0.2) is 18.3 Å². The first-order valence-corrected chi connectivity index (χ1v) is 7.31. The van der Waals surface area contributed by atoms with E-state index in [0.29, 0.717) is 6.42 Å². The first-order valence-electron chi connectivity index (χ1n) is 5.82. The van der Waals surface area contributed by atoms with E-state index < -0.39 is 27.8 Å². The Morgan fingerprint density at radius 1 is 1.35 bits per heavy atom. The fraction of sp³-hybridized carbons (Fsp3) is 0.364. The fourth-order valence-corrected chi connectivity index (χ4v) is 2.74. The third-order valence-electron chi connectivity index (χ3n) is 2.54. The highest BCUT2D eigenvalue weighted by Gasteiger charge is 2.25. The Labute approximate surface area is 116 Å². The summed E-state index contributed by atoms with van der Waals surface area (Å²) < 4.78 is 38.9.